The van der Waals surface area contributed by atoms with Crippen molar-refractivity contribution in [3.63, 3.8) is 0 Å². The minimum Gasteiger partial charge on any atom is -0.481 e. The molecule has 2 aromatic rings. The van der Waals surface area contributed by atoms with E-state index >= 15 is 0 Å². The molecule has 0 aliphatic rings. The molecule has 2 rings (SSSR count). The fourth-order valence-electron chi connectivity index (χ4n) is 3.29. The Morgan fingerprint density at radius 1 is 1.16 bits per heavy atom. The van der Waals surface area contributed by atoms with Crippen molar-refractivity contribution in [3.05, 3.63) is 54.1 Å². The lowest BCUT2D eigenvalue weighted by molar-refractivity contribution is -0.141. The number of hydrogen-bond donors (Lipinski definition) is 6. The molecule has 1 aromatic heterocycles. The van der Waals surface area contributed by atoms with Gasteiger partial charge in [0.15, 0.2) is 5.96 Å². The minimum absolute atomic E-state index is 0.258. The average Bonchev–Trinajstić information content (AvgIpc) is 2.70. The van der Waals surface area contributed by atoms with Gasteiger partial charge in [-0.1, -0.05) is 26.8 Å². The van der Waals surface area contributed by atoms with Crippen LogP contribution < -0.4 is 21.7 Å². The van der Waals surface area contributed by atoms with E-state index in [9.17, 15) is 19.5 Å². The predicted octanol–water partition coefficient (Wildman–Crippen LogP) is 1.04. The second-order valence-corrected chi connectivity index (χ2v) is 8.20. The van der Waals surface area contributed by atoms with Crippen molar-refractivity contribution in [3.8, 4) is 0 Å². The van der Waals surface area contributed by atoms with Crippen molar-refractivity contribution in [2.24, 2.45) is 11.1 Å². The van der Waals surface area contributed by atoms with E-state index in [1.807, 2.05) is 0 Å². The van der Waals surface area contributed by atoms with Crippen molar-refractivity contribution >= 4 is 29.4 Å². The molecule has 1 aromatic carbocycles. The number of carboxylic acids is 1. The second-order valence-electron chi connectivity index (χ2n) is 8.20. The van der Waals surface area contributed by atoms with E-state index < -0.39 is 35.2 Å². The van der Waals surface area contributed by atoms with Gasteiger partial charge in [0.2, 0.25) is 5.91 Å². The number of benzene rings is 1. The molecule has 0 spiro atoms. The topological polar surface area (TPSA) is 183 Å². The molecule has 11 heteroatoms. The molecule has 0 saturated carbocycles. The van der Waals surface area contributed by atoms with E-state index in [4.69, 9.17) is 11.1 Å². The van der Waals surface area contributed by atoms with E-state index in [0.29, 0.717) is 11.3 Å². The average molecular weight is 441 g/mol. The van der Waals surface area contributed by atoms with E-state index in [-0.39, 0.29) is 18.1 Å². The first-order valence-corrected chi connectivity index (χ1v) is 9.72. The van der Waals surface area contributed by atoms with Crippen LogP contribution in [0.3, 0.4) is 0 Å². The van der Waals surface area contributed by atoms with Gasteiger partial charge in [0.05, 0.1) is 18.5 Å². The van der Waals surface area contributed by atoms with Gasteiger partial charge >= 0.3 is 5.97 Å². The van der Waals surface area contributed by atoms with Gasteiger partial charge in [0.25, 0.3) is 5.91 Å². The SMILES string of the molecule is CC(C)(C)C(CC(=O)O)(NC(=O)CNC(=O)c1cccc(NC(=N)N)c1)c1cncnc1. The molecular formula is C21H27N7O4. The summed E-state index contributed by atoms with van der Waals surface area (Å²) < 4.78 is 0. The van der Waals surface area contributed by atoms with Gasteiger partial charge in [-0.15, -0.1) is 0 Å². The maximum absolute atomic E-state index is 12.8. The maximum Gasteiger partial charge on any atom is 0.306 e. The number of rotatable bonds is 8. The van der Waals surface area contributed by atoms with Crippen LogP contribution in [0, 0.1) is 10.8 Å². The lowest BCUT2D eigenvalue weighted by Gasteiger charge is -2.44. The molecule has 1 atom stereocenters. The zero-order chi connectivity index (χ0) is 23.9. The summed E-state index contributed by atoms with van der Waals surface area (Å²) in [5.74, 6) is -2.47. The number of amides is 2. The van der Waals surface area contributed by atoms with Crippen LogP contribution in [-0.2, 0) is 15.1 Å². The number of carboxylic acid groups (broad SMARTS) is 1. The van der Waals surface area contributed by atoms with Crippen molar-refractivity contribution in [1.82, 2.24) is 20.6 Å². The number of carbonyl (C=O) groups is 3. The summed E-state index contributed by atoms with van der Waals surface area (Å²) in [5.41, 5.74) is 4.41. The van der Waals surface area contributed by atoms with Crippen molar-refractivity contribution in [1.29, 1.82) is 5.41 Å². The largest absolute Gasteiger partial charge is 0.481 e. The first kappa shape index (κ1) is 24.3. The number of nitrogens with zero attached hydrogens (tertiary/aromatic N) is 2. The summed E-state index contributed by atoms with van der Waals surface area (Å²) >= 11 is 0. The van der Waals surface area contributed by atoms with Gasteiger partial charge in [-0.05, 0) is 23.6 Å². The van der Waals surface area contributed by atoms with Crippen molar-refractivity contribution in [2.45, 2.75) is 32.7 Å². The molecule has 0 aliphatic carbocycles. The molecule has 1 unspecified atom stereocenters. The summed E-state index contributed by atoms with van der Waals surface area (Å²) in [7, 11) is 0. The van der Waals surface area contributed by atoms with Gasteiger partial charge in [-0.25, -0.2) is 9.97 Å². The van der Waals surface area contributed by atoms with Crippen LogP contribution in [0.25, 0.3) is 0 Å². The quantitative estimate of drug-likeness (QED) is 0.259. The lowest BCUT2D eigenvalue weighted by Crippen LogP contribution is -2.57. The Balaban J connectivity index is 2.19. The predicted molar refractivity (Wildman–Crippen MR) is 118 cm³/mol. The molecule has 0 bridgehead atoms. The first-order valence-electron chi connectivity index (χ1n) is 9.72. The highest BCUT2D eigenvalue weighted by Crippen LogP contribution is 2.41. The monoisotopic (exact) mass is 441 g/mol. The number of hydrogen-bond acceptors (Lipinski definition) is 6. The molecule has 11 nitrogen and oxygen atoms in total. The molecule has 1 heterocycles. The van der Waals surface area contributed by atoms with Gasteiger partial charge in [0.1, 0.15) is 6.33 Å². The molecule has 7 N–H and O–H groups in total. The fourth-order valence-corrected chi connectivity index (χ4v) is 3.29. The van der Waals surface area contributed by atoms with Crippen LogP contribution in [0.2, 0.25) is 0 Å². The maximum atomic E-state index is 12.8. The highest BCUT2D eigenvalue weighted by Gasteiger charge is 2.47. The fraction of sp³-hybridized carbons (Fsp3) is 0.333. The highest BCUT2D eigenvalue weighted by molar-refractivity contribution is 5.98. The zero-order valence-electron chi connectivity index (χ0n) is 18.1. The summed E-state index contributed by atoms with van der Waals surface area (Å²) in [5, 5.41) is 24.7. The Kier molecular flexibility index (Phi) is 7.47. The summed E-state index contributed by atoms with van der Waals surface area (Å²) in [4.78, 5) is 44.9. The van der Waals surface area contributed by atoms with Crippen LogP contribution >= 0.6 is 0 Å². The minimum atomic E-state index is -1.31. The number of nitrogens with two attached hydrogens (primary N) is 1. The first-order chi connectivity index (χ1) is 14.9. The third kappa shape index (κ3) is 6.00. The Hall–Kier alpha value is -4.02. The second kappa shape index (κ2) is 9.86. The molecule has 0 radical (unpaired) electrons. The number of carbonyl (C=O) groups excluding carboxylic acids is 2. The van der Waals surface area contributed by atoms with Gasteiger partial charge in [0, 0.05) is 29.2 Å². The van der Waals surface area contributed by atoms with Crippen LogP contribution in [0.15, 0.2) is 43.0 Å². The molecule has 0 fully saturated rings. The van der Waals surface area contributed by atoms with Crippen molar-refractivity contribution in [2.75, 3.05) is 11.9 Å². The van der Waals surface area contributed by atoms with Crippen LogP contribution in [0.1, 0.15) is 43.1 Å². The summed E-state index contributed by atoms with van der Waals surface area (Å²) in [6.07, 6.45) is 3.85. The van der Waals surface area contributed by atoms with E-state index in [1.165, 1.54) is 24.8 Å². The molecule has 2 amide bonds. The third-order valence-corrected chi connectivity index (χ3v) is 4.92. The highest BCUT2D eigenvalue weighted by atomic mass is 16.4. The smallest absolute Gasteiger partial charge is 0.306 e. The van der Waals surface area contributed by atoms with Crippen LogP contribution in [-0.4, -0.2) is 45.4 Å². The standard InChI is InChI=1S/C21H27N7O4/c1-20(2,3)21(8-17(30)31,14-9-24-12-25-10-14)28-16(29)11-26-18(32)13-5-4-6-15(7-13)27-19(22)23/h4-7,9-10,12H,8,11H2,1-3H3,(H,26,32)(H,28,29)(H,30,31)(H4,22,23,27). The number of guanidine groups is 1. The lowest BCUT2D eigenvalue weighted by atomic mass is 9.68. The van der Waals surface area contributed by atoms with Gasteiger partial charge < -0.3 is 26.8 Å². The molecule has 0 aliphatic heterocycles. The molecular weight excluding hydrogens is 414 g/mol. The van der Waals surface area contributed by atoms with E-state index in [2.05, 4.69) is 25.9 Å². The summed E-state index contributed by atoms with van der Waals surface area (Å²) in [6.45, 7) is 5.02. The summed E-state index contributed by atoms with van der Waals surface area (Å²) in [6, 6.07) is 6.27. The van der Waals surface area contributed by atoms with E-state index in [1.54, 1.807) is 39.0 Å². The number of aromatic nitrogens is 2. The number of aliphatic carboxylic acids is 1. The van der Waals surface area contributed by atoms with E-state index in [0.717, 1.165) is 0 Å². The number of anilines is 1. The van der Waals surface area contributed by atoms with Gasteiger partial charge in [-0.2, -0.15) is 0 Å². The molecule has 0 saturated heterocycles. The molecule has 32 heavy (non-hydrogen) atoms. The van der Waals surface area contributed by atoms with Crippen LogP contribution in [0.4, 0.5) is 5.69 Å². The zero-order valence-corrected chi connectivity index (χ0v) is 18.1. The Morgan fingerprint density at radius 2 is 1.81 bits per heavy atom. The van der Waals surface area contributed by atoms with Gasteiger partial charge in [-0.3, -0.25) is 19.8 Å². The Morgan fingerprint density at radius 3 is 2.38 bits per heavy atom. The van der Waals surface area contributed by atoms with Crippen molar-refractivity contribution < 1.29 is 19.5 Å². The van der Waals surface area contributed by atoms with Crippen LogP contribution in [0.5, 0.6) is 0 Å². The Bertz CT molecular complexity index is 1000. The number of nitrogens with one attached hydrogen (secondary N) is 4. The normalized spacial score (nSPS) is 12.8. The molecule has 170 valence electrons. The third-order valence-electron chi connectivity index (χ3n) is 4.92. The Labute approximate surface area is 185 Å².